The molecule has 1 aliphatic heterocycles. The van der Waals surface area contributed by atoms with Crippen LogP contribution in [0.5, 0.6) is 11.5 Å². The Morgan fingerprint density at radius 3 is 2.55 bits per heavy atom. The summed E-state index contributed by atoms with van der Waals surface area (Å²) < 4.78 is 26.5. The van der Waals surface area contributed by atoms with E-state index in [9.17, 15) is 29.0 Å². The number of fused-ring (bicyclic) bond motifs is 3. The van der Waals surface area contributed by atoms with Crippen molar-refractivity contribution in [3.63, 3.8) is 0 Å². The van der Waals surface area contributed by atoms with E-state index in [-0.39, 0.29) is 48.8 Å². The maximum absolute atomic E-state index is 14.8. The summed E-state index contributed by atoms with van der Waals surface area (Å²) in [6.45, 7) is -0.506. The lowest BCUT2D eigenvalue weighted by Crippen LogP contribution is -2.55. The molecule has 5 rings (SSSR count). The third-order valence-electron chi connectivity index (χ3n) is 7.59. The molecule has 0 radical (unpaired) electrons. The smallest absolute Gasteiger partial charge is 0.247 e. The van der Waals surface area contributed by atoms with E-state index in [1.54, 1.807) is 48.5 Å². The molecule has 2 aliphatic rings. The number of hydrogen-bond donors (Lipinski definition) is 3. The number of ether oxygens (including phenoxy) is 2. The SMILES string of the molecule is COc1cc(C=O)cc2c1OC1C2C(C(=O)NCCO)=CC(N(Cc2ccccc2F)C(=O)Cc2ccccc2)C1O. The monoisotopic (exact) mass is 574 g/mol. The molecule has 0 fully saturated rings. The zero-order valence-electron chi connectivity index (χ0n) is 22.9. The number of halogens is 1. The Bertz CT molecular complexity index is 1510. The Morgan fingerprint density at radius 2 is 1.86 bits per heavy atom. The summed E-state index contributed by atoms with van der Waals surface area (Å²) in [5.41, 5.74) is 1.91. The van der Waals surface area contributed by atoms with Crippen molar-refractivity contribution in [3.8, 4) is 11.5 Å². The van der Waals surface area contributed by atoms with E-state index in [1.165, 1.54) is 30.2 Å². The molecular formula is C32H31FN2O7. The van der Waals surface area contributed by atoms with Crippen LogP contribution >= 0.6 is 0 Å². The molecule has 3 aromatic rings. The third-order valence-corrected chi connectivity index (χ3v) is 7.59. The van der Waals surface area contributed by atoms with Gasteiger partial charge < -0.3 is 29.9 Å². The van der Waals surface area contributed by atoms with Crippen molar-refractivity contribution in [2.75, 3.05) is 20.3 Å². The second-order valence-corrected chi connectivity index (χ2v) is 10.2. The lowest BCUT2D eigenvalue weighted by molar-refractivity contribution is -0.137. The van der Waals surface area contributed by atoms with Gasteiger partial charge in [0.1, 0.15) is 24.3 Å². The highest BCUT2D eigenvalue weighted by atomic mass is 19.1. The maximum Gasteiger partial charge on any atom is 0.247 e. The minimum absolute atomic E-state index is 0.0237. The Labute approximate surface area is 242 Å². The first-order valence-corrected chi connectivity index (χ1v) is 13.6. The van der Waals surface area contributed by atoms with Crippen LogP contribution in [-0.4, -0.2) is 71.7 Å². The van der Waals surface area contributed by atoms with Gasteiger partial charge in [0.25, 0.3) is 0 Å². The molecule has 9 nitrogen and oxygen atoms in total. The number of hydrogen-bond acceptors (Lipinski definition) is 7. The topological polar surface area (TPSA) is 125 Å². The molecule has 0 saturated carbocycles. The highest BCUT2D eigenvalue weighted by Gasteiger charge is 2.51. The Morgan fingerprint density at radius 1 is 1.12 bits per heavy atom. The average Bonchev–Trinajstić information content (AvgIpc) is 3.40. The van der Waals surface area contributed by atoms with Gasteiger partial charge in [-0.3, -0.25) is 14.4 Å². The molecule has 4 unspecified atom stereocenters. The fourth-order valence-electron chi connectivity index (χ4n) is 5.60. The van der Waals surface area contributed by atoms with Gasteiger partial charge in [0, 0.05) is 35.4 Å². The molecule has 1 aliphatic carbocycles. The van der Waals surface area contributed by atoms with Gasteiger partial charge in [0.05, 0.1) is 32.1 Å². The predicted molar refractivity (Wildman–Crippen MR) is 151 cm³/mol. The van der Waals surface area contributed by atoms with Crippen molar-refractivity contribution in [2.45, 2.75) is 37.1 Å². The molecule has 1 heterocycles. The second-order valence-electron chi connectivity index (χ2n) is 10.2. The van der Waals surface area contributed by atoms with E-state index in [4.69, 9.17) is 9.47 Å². The van der Waals surface area contributed by atoms with Crippen molar-refractivity contribution in [1.82, 2.24) is 10.2 Å². The molecular weight excluding hydrogens is 543 g/mol. The first kappa shape index (κ1) is 29.0. The number of rotatable bonds is 10. The van der Waals surface area contributed by atoms with Gasteiger partial charge in [-0.05, 0) is 29.8 Å². The largest absolute Gasteiger partial charge is 0.493 e. The van der Waals surface area contributed by atoms with Crippen LogP contribution in [0.3, 0.4) is 0 Å². The summed E-state index contributed by atoms with van der Waals surface area (Å²) in [7, 11) is 1.41. The molecule has 0 saturated heterocycles. The van der Waals surface area contributed by atoms with Crippen LogP contribution in [0.2, 0.25) is 0 Å². The summed E-state index contributed by atoms with van der Waals surface area (Å²) in [6, 6.07) is 17.1. The zero-order valence-corrected chi connectivity index (χ0v) is 22.9. The normalized spacial score (nSPS) is 20.4. The van der Waals surface area contributed by atoms with Gasteiger partial charge in [-0.1, -0.05) is 48.5 Å². The van der Waals surface area contributed by atoms with Crippen molar-refractivity contribution < 1.29 is 38.5 Å². The van der Waals surface area contributed by atoms with Crippen molar-refractivity contribution in [1.29, 1.82) is 0 Å². The number of aliphatic hydroxyl groups is 2. The van der Waals surface area contributed by atoms with Crippen molar-refractivity contribution >= 4 is 18.1 Å². The van der Waals surface area contributed by atoms with Crippen LogP contribution in [0.4, 0.5) is 4.39 Å². The van der Waals surface area contributed by atoms with Gasteiger partial charge >= 0.3 is 0 Å². The first-order chi connectivity index (χ1) is 20.4. The highest BCUT2D eigenvalue weighted by Crippen LogP contribution is 2.51. The van der Waals surface area contributed by atoms with Gasteiger partial charge in [0.2, 0.25) is 11.8 Å². The Hall–Kier alpha value is -4.54. The molecule has 42 heavy (non-hydrogen) atoms. The predicted octanol–water partition coefficient (Wildman–Crippen LogP) is 2.54. The summed E-state index contributed by atoms with van der Waals surface area (Å²) in [4.78, 5) is 40.4. The Kier molecular flexibility index (Phi) is 8.65. The number of aldehydes is 1. The quantitative estimate of drug-likeness (QED) is 0.318. The van der Waals surface area contributed by atoms with Crippen LogP contribution in [0.15, 0.2) is 78.4 Å². The van der Waals surface area contributed by atoms with E-state index >= 15 is 0 Å². The third kappa shape index (κ3) is 5.63. The number of carbonyl (C=O) groups excluding carboxylic acids is 3. The molecule has 3 N–H and O–H groups in total. The van der Waals surface area contributed by atoms with Gasteiger partial charge in [-0.25, -0.2) is 4.39 Å². The summed E-state index contributed by atoms with van der Waals surface area (Å²) in [6.07, 6.45) is -0.252. The summed E-state index contributed by atoms with van der Waals surface area (Å²) in [5, 5.41) is 23.8. The molecule has 0 bridgehead atoms. The number of amides is 2. The molecule has 3 aromatic carbocycles. The maximum atomic E-state index is 14.8. The van der Waals surface area contributed by atoms with Crippen LogP contribution < -0.4 is 14.8 Å². The Balaban J connectivity index is 1.61. The van der Waals surface area contributed by atoms with E-state index in [2.05, 4.69) is 5.32 Å². The lowest BCUT2D eigenvalue weighted by Gasteiger charge is -2.41. The summed E-state index contributed by atoms with van der Waals surface area (Å²) >= 11 is 0. The number of nitrogens with one attached hydrogen (secondary N) is 1. The van der Waals surface area contributed by atoms with Crippen LogP contribution in [0.1, 0.15) is 33.0 Å². The average molecular weight is 575 g/mol. The van der Waals surface area contributed by atoms with Crippen LogP contribution in [0, 0.1) is 5.82 Å². The minimum atomic E-state index is -1.34. The lowest BCUT2D eigenvalue weighted by atomic mass is 9.77. The molecule has 218 valence electrons. The number of nitrogens with zero attached hydrogens (tertiary/aromatic N) is 1. The van der Waals surface area contributed by atoms with Crippen molar-refractivity contribution in [3.05, 3.63) is 106 Å². The zero-order chi connectivity index (χ0) is 29.8. The molecule has 4 atom stereocenters. The number of aliphatic hydroxyl groups excluding tert-OH is 2. The van der Waals surface area contributed by atoms with Crippen LogP contribution in [0.25, 0.3) is 0 Å². The highest BCUT2D eigenvalue weighted by molar-refractivity contribution is 5.96. The van der Waals surface area contributed by atoms with Crippen molar-refractivity contribution in [2.24, 2.45) is 0 Å². The number of methoxy groups -OCH3 is 1. The molecule has 0 aromatic heterocycles. The van der Waals surface area contributed by atoms with E-state index < -0.39 is 41.8 Å². The van der Waals surface area contributed by atoms with Crippen LogP contribution in [-0.2, 0) is 22.6 Å². The summed E-state index contributed by atoms with van der Waals surface area (Å²) in [5.74, 6) is -1.72. The van der Waals surface area contributed by atoms with Gasteiger partial charge in [-0.15, -0.1) is 0 Å². The van der Waals surface area contributed by atoms with E-state index in [0.29, 0.717) is 17.4 Å². The molecule has 2 amide bonds. The fourth-order valence-corrected chi connectivity index (χ4v) is 5.60. The molecule has 0 spiro atoms. The van der Waals surface area contributed by atoms with E-state index in [0.717, 1.165) is 5.56 Å². The van der Waals surface area contributed by atoms with Gasteiger partial charge in [-0.2, -0.15) is 0 Å². The first-order valence-electron chi connectivity index (χ1n) is 13.6. The fraction of sp³-hybridized carbons (Fsp3) is 0.281. The second kappa shape index (κ2) is 12.5. The number of benzene rings is 3. The molecule has 10 heteroatoms. The minimum Gasteiger partial charge on any atom is -0.493 e. The van der Waals surface area contributed by atoms with E-state index in [1.807, 2.05) is 6.07 Å². The number of carbonyl (C=O) groups is 3. The standard InChI is InChI=1S/C32H31FN2O7/c1-41-26-14-20(18-37)13-22-28-23(32(40)34-11-12-36)16-25(29(39)31(28)42-30(22)26)35(17-21-9-5-6-10-24(21)33)27(38)15-19-7-3-2-4-8-19/h2-10,13-14,16,18,25,28-29,31,36,39H,11-12,15,17H2,1H3,(H,34,40). The van der Waals surface area contributed by atoms with Gasteiger partial charge in [0.15, 0.2) is 11.5 Å².